The summed E-state index contributed by atoms with van der Waals surface area (Å²) in [4.78, 5) is 0. The molecule has 0 aliphatic heterocycles. The number of aliphatic hydroxyl groups is 1. The molecule has 2 nitrogen and oxygen atoms in total. The van der Waals surface area contributed by atoms with E-state index in [1.807, 2.05) is 0 Å². The highest BCUT2D eigenvalue weighted by Gasteiger charge is 2.23. The Morgan fingerprint density at radius 1 is 1.11 bits per heavy atom. The van der Waals surface area contributed by atoms with Crippen molar-refractivity contribution in [2.45, 2.75) is 46.6 Å². The second kappa shape index (κ2) is 7.66. The molecule has 0 amide bonds. The number of hydrogen-bond donors (Lipinski definition) is 2. The average molecular weight is 263 g/mol. The lowest BCUT2D eigenvalue weighted by atomic mass is 9.87. The predicted octanol–water partition coefficient (Wildman–Crippen LogP) is 3.77. The summed E-state index contributed by atoms with van der Waals surface area (Å²) in [6, 6.07) is 11.0. The van der Waals surface area contributed by atoms with E-state index >= 15 is 0 Å². The Labute approximate surface area is 118 Å². The van der Waals surface area contributed by atoms with Crippen molar-refractivity contribution in [2.75, 3.05) is 13.2 Å². The first-order chi connectivity index (χ1) is 9.04. The maximum atomic E-state index is 9.39. The van der Waals surface area contributed by atoms with Gasteiger partial charge in [0.1, 0.15) is 0 Å². The summed E-state index contributed by atoms with van der Waals surface area (Å²) < 4.78 is 0. The highest BCUT2D eigenvalue weighted by Crippen LogP contribution is 2.28. The van der Waals surface area contributed by atoms with Crippen molar-refractivity contribution in [3.05, 3.63) is 35.9 Å². The molecule has 0 fully saturated rings. The van der Waals surface area contributed by atoms with Crippen LogP contribution in [-0.2, 0) is 0 Å². The van der Waals surface area contributed by atoms with Crippen LogP contribution >= 0.6 is 0 Å². The SMILES string of the molecule is CCC(CC)C(NCC(C)(C)CO)c1ccccc1. The molecule has 0 aliphatic carbocycles. The fourth-order valence-corrected chi connectivity index (χ4v) is 2.42. The van der Waals surface area contributed by atoms with Gasteiger partial charge in [0.05, 0.1) is 0 Å². The molecule has 0 bridgehead atoms. The molecular formula is C17H29NO. The third-order valence-electron chi connectivity index (χ3n) is 3.91. The van der Waals surface area contributed by atoms with Gasteiger partial charge in [-0.15, -0.1) is 0 Å². The molecule has 2 N–H and O–H groups in total. The summed E-state index contributed by atoms with van der Waals surface area (Å²) in [7, 11) is 0. The van der Waals surface area contributed by atoms with Gasteiger partial charge in [0, 0.05) is 24.6 Å². The van der Waals surface area contributed by atoms with Gasteiger partial charge < -0.3 is 10.4 Å². The topological polar surface area (TPSA) is 32.3 Å². The molecule has 1 aromatic carbocycles. The van der Waals surface area contributed by atoms with Gasteiger partial charge >= 0.3 is 0 Å². The molecule has 0 heterocycles. The summed E-state index contributed by atoms with van der Waals surface area (Å²) in [5, 5.41) is 13.1. The monoisotopic (exact) mass is 263 g/mol. The van der Waals surface area contributed by atoms with Crippen LogP contribution in [0.2, 0.25) is 0 Å². The lowest BCUT2D eigenvalue weighted by Gasteiger charge is -2.31. The van der Waals surface area contributed by atoms with Gasteiger partial charge in [-0.05, 0) is 11.5 Å². The minimum atomic E-state index is -0.0704. The van der Waals surface area contributed by atoms with Crippen molar-refractivity contribution in [2.24, 2.45) is 11.3 Å². The van der Waals surface area contributed by atoms with E-state index in [2.05, 4.69) is 63.3 Å². The maximum Gasteiger partial charge on any atom is 0.0494 e. The second-order valence-electron chi connectivity index (χ2n) is 6.17. The van der Waals surface area contributed by atoms with Crippen molar-refractivity contribution in [3.8, 4) is 0 Å². The van der Waals surface area contributed by atoms with E-state index in [4.69, 9.17) is 0 Å². The predicted molar refractivity (Wildman–Crippen MR) is 82.1 cm³/mol. The van der Waals surface area contributed by atoms with Crippen molar-refractivity contribution in [3.63, 3.8) is 0 Å². The van der Waals surface area contributed by atoms with E-state index in [-0.39, 0.29) is 12.0 Å². The van der Waals surface area contributed by atoms with Crippen molar-refractivity contribution in [1.82, 2.24) is 5.32 Å². The molecule has 1 aromatic rings. The molecule has 0 aromatic heterocycles. The zero-order valence-corrected chi connectivity index (χ0v) is 12.8. The van der Waals surface area contributed by atoms with Crippen molar-refractivity contribution in [1.29, 1.82) is 0 Å². The molecule has 1 atom stereocenters. The minimum absolute atomic E-state index is 0.0704. The molecular weight excluding hydrogens is 234 g/mol. The Morgan fingerprint density at radius 3 is 2.16 bits per heavy atom. The normalized spacial score (nSPS) is 13.8. The maximum absolute atomic E-state index is 9.39. The van der Waals surface area contributed by atoms with Gasteiger partial charge in [-0.1, -0.05) is 70.9 Å². The van der Waals surface area contributed by atoms with Gasteiger partial charge in [0.2, 0.25) is 0 Å². The van der Waals surface area contributed by atoms with Crippen LogP contribution in [0.15, 0.2) is 30.3 Å². The van der Waals surface area contributed by atoms with Crippen LogP contribution in [0.5, 0.6) is 0 Å². The highest BCUT2D eigenvalue weighted by atomic mass is 16.3. The fraction of sp³-hybridized carbons (Fsp3) is 0.647. The second-order valence-corrected chi connectivity index (χ2v) is 6.17. The summed E-state index contributed by atoms with van der Waals surface area (Å²) in [5.41, 5.74) is 1.28. The molecule has 0 radical (unpaired) electrons. The van der Waals surface area contributed by atoms with E-state index in [9.17, 15) is 5.11 Å². The van der Waals surface area contributed by atoms with Crippen molar-refractivity contribution >= 4 is 0 Å². The van der Waals surface area contributed by atoms with E-state index in [1.165, 1.54) is 18.4 Å². The summed E-state index contributed by atoms with van der Waals surface area (Å²) in [6.45, 7) is 9.74. The summed E-state index contributed by atoms with van der Waals surface area (Å²) >= 11 is 0. The average Bonchev–Trinajstić information content (AvgIpc) is 2.44. The Balaban J connectivity index is 2.82. The third-order valence-corrected chi connectivity index (χ3v) is 3.91. The lowest BCUT2D eigenvalue weighted by molar-refractivity contribution is 0.147. The molecule has 0 spiro atoms. The summed E-state index contributed by atoms with van der Waals surface area (Å²) in [6.07, 6.45) is 2.34. The van der Waals surface area contributed by atoms with Gasteiger partial charge in [0.15, 0.2) is 0 Å². The highest BCUT2D eigenvalue weighted by molar-refractivity contribution is 5.19. The third kappa shape index (κ3) is 4.96. The number of aliphatic hydroxyl groups excluding tert-OH is 1. The van der Waals surface area contributed by atoms with Crippen LogP contribution < -0.4 is 5.32 Å². The van der Waals surface area contributed by atoms with Crippen LogP contribution in [-0.4, -0.2) is 18.3 Å². The number of benzene rings is 1. The summed E-state index contributed by atoms with van der Waals surface area (Å²) in [5.74, 6) is 0.636. The number of nitrogens with one attached hydrogen (secondary N) is 1. The zero-order chi connectivity index (χ0) is 14.3. The smallest absolute Gasteiger partial charge is 0.0494 e. The molecule has 108 valence electrons. The van der Waals surface area contributed by atoms with Gasteiger partial charge in [-0.3, -0.25) is 0 Å². The molecule has 1 rings (SSSR count). The number of hydrogen-bond acceptors (Lipinski definition) is 2. The molecule has 0 saturated heterocycles. The van der Waals surface area contributed by atoms with E-state index in [0.717, 1.165) is 6.54 Å². The molecule has 0 aliphatic rings. The van der Waals surface area contributed by atoms with Crippen LogP contribution in [0.1, 0.15) is 52.1 Å². The Hall–Kier alpha value is -0.860. The Bertz CT molecular complexity index is 344. The first kappa shape index (κ1) is 16.2. The molecule has 19 heavy (non-hydrogen) atoms. The first-order valence-electron chi connectivity index (χ1n) is 7.43. The Morgan fingerprint density at radius 2 is 1.68 bits per heavy atom. The van der Waals surface area contributed by atoms with Crippen molar-refractivity contribution < 1.29 is 5.11 Å². The largest absolute Gasteiger partial charge is 0.396 e. The van der Waals surface area contributed by atoms with Crippen LogP contribution in [0.3, 0.4) is 0 Å². The first-order valence-corrected chi connectivity index (χ1v) is 7.43. The lowest BCUT2D eigenvalue weighted by Crippen LogP contribution is -2.37. The molecule has 2 heteroatoms. The van der Waals surface area contributed by atoms with Crippen LogP contribution in [0.25, 0.3) is 0 Å². The minimum Gasteiger partial charge on any atom is -0.396 e. The molecule has 0 saturated carbocycles. The Kier molecular flexibility index (Phi) is 6.53. The standard InChI is InChI=1S/C17H29NO/c1-5-14(6-2)16(15-10-8-7-9-11-15)18-12-17(3,4)13-19/h7-11,14,16,18-19H,5-6,12-13H2,1-4H3. The van der Waals surface area contributed by atoms with Gasteiger partial charge in [0.25, 0.3) is 0 Å². The van der Waals surface area contributed by atoms with Crippen LogP contribution in [0, 0.1) is 11.3 Å². The zero-order valence-electron chi connectivity index (χ0n) is 12.8. The fourth-order valence-electron chi connectivity index (χ4n) is 2.42. The quantitative estimate of drug-likeness (QED) is 0.748. The van der Waals surface area contributed by atoms with Gasteiger partial charge in [-0.2, -0.15) is 0 Å². The molecule has 1 unspecified atom stereocenters. The van der Waals surface area contributed by atoms with Gasteiger partial charge in [-0.25, -0.2) is 0 Å². The van der Waals surface area contributed by atoms with E-state index in [1.54, 1.807) is 0 Å². The van der Waals surface area contributed by atoms with E-state index < -0.39 is 0 Å². The van der Waals surface area contributed by atoms with Crippen LogP contribution in [0.4, 0.5) is 0 Å². The number of rotatable bonds is 8. The van der Waals surface area contributed by atoms with E-state index in [0.29, 0.717) is 12.0 Å².